The Morgan fingerprint density at radius 2 is 2.15 bits per heavy atom. The second-order valence-corrected chi connectivity index (χ2v) is 4.54. The zero-order valence-electron chi connectivity index (χ0n) is 12.0. The van der Waals surface area contributed by atoms with Gasteiger partial charge in [0.25, 0.3) is 6.47 Å². The van der Waals surface area contributed by atoms with Crippen LogP contribution in [0.1, 0.15) is 18.9 Å². The molecule has 0 radical (unpaired) electrons. The van der Waals surface area contributed by atoms with Crippen LogP contribution in [0.4, 0.5) is 0 Å². The molecular weight excluding hydrogens is 256 g/mol. The molecule has 1 fully saturated rings. The third kappa shape index (κ3) is 6.65. The summed E-state index contributed by atoms with van der Waals surface area (Å²) in [7, 11) is 0. The molecular formula is C15H24N2O3. The topological polar surface area (TPSA) is 73.6 Å². The average Bonchev–Trinajstić information content (AvgIpc) is 2.49. The van der Waals surface area contributed by atoms with Crippen molar-refractivity contribution in [3.05, 3.63) is 35.9 Å². The standard InChI is InChI=1S/C12H18N2O.C3H6O2/c13-11-6-7-14-8-12(11)15-9-10-4-2-1-3-5-10;1-2-5-3-4/h1-5,11-12,14H,6-9,13H2;3H,2H2,1H3. The van der Waals surface area contributed by atoms with Gasteiger partial charge in [-0.05, 0) is 25.5 Å². The van der Waals surface area contributed by atoms with Crippen LogP contribution >= 0.6 is 0 Å². The van der Waals surface area contributed by atoms with Gasteiger partial charge >= 0.3 is 0 Å². The zero-order chi connectivity index (χ0) is 14.6. The fourth-order valence-electron chi connectivity index (χ4n) is 1.88. The van der Waals surface area contributed by atoms with Crippen LogP contribution in [0.5, 0.6) is 0 Å². The summed E-state index contributed by atoms with van der Waals surface area (Å²) < 4.78 is 9.95. The van der Waals surface area contributed by atoms with Gasteiger partial charge in [-0.15, -0.1) is 0 Å². The Bertz CT molecular complexity index is 359. The van der Waals surface area contributed by atoms with Gasteiger partial charge in [-0.2, -0.15) is 0 Å². The maximum Gasteiger partial charge on any atom is 0.293 e. The molecule has 1 aliphatic heterocycles. The second-order valence-electron chi connectivity index (χ2n) is 4.54. The quantitative estimate of drug-likeness (QED) is 0.789. The van der Waals surface area contributed by atoms with Crippen molar-refractivity contribution >= 4 is 6.47 Å². The molecule has 1 aliphatic rings. The Morgan fingerprint density at radius 3 is 2.70 bits per heavy atom. The molecule has 0 aliphatic carbocycles. The van der Waals surface area contributed by atoms with Crippen LogP contribution in [0.25, 0.3) is 0 Å². The molecule has 2 rings (SSSR count). The molecule has 1 saturated heterocycles. The smallest absolute Gasteiger partial charge is 0.293 e. The van der Waals surface area contributed by atoms with Crippen molar-refractivity contribution in [1.29, 1.82) is 0 Å². The van der Waals surface area contributed by atoms with Gasteiger partial charge in [-0.1, -0.05) is 30.3 Å². The van der Waals surface area contributed by atoms with E-state index in [0.717, 1.165) is 19.5 Å². The van der Waals surface area contributed by atoms with E-state index >= 15 is 0 Å². The van der Waals surface area contributed by atoms with Crippen LogP contribution in [0, 0.1) is 0 Å². The first-order valence-electron chi connectivity index (χ1n) is 6.95. The van der Waals surface area contributed by atoms with Gasteiger partial charge < -0.3 is 20.5 Å². The largest absolute Gasteiger partial charge is 0.468 e. The first-order valence-corrected chi connectivity index (χ1v) is 6.95. The van der Waals surface area contributed by atoms with Crippen molar-refractivity contribution in [2.75, 3.05) is 19.7 Å². The van der Waals surface area contributed by atoms with E-state index in [2.05, 4.69) is 22.2 Å². The van der Waals surface area contributed by atoms with Crippen molar-refractivity contribution in [3.8, 4) is 0 Å². The summed E-state index contributed by atoms with van der Waals surface area (Å²) in [6.45, 7) is 5.19. The van der Waals surface area contributed by atoms with Gasteiger partial charge in [-0.25, -0.2) is 0 Å². The number of carbonyl (C=O) groups is 1. The molecule has 0 amide bonds. The molecule has 5 nitrogen and oxygen atoms in total. The number of ether oxygens (including phenoxy) is 2. The normalized spacial score (nSPS) is 21.5. The minimum absolute atomic E-state index is 0.152. The number of nitrogens with one attached hydrogen (secondary N) is 1. The predicted octanol–water partition coefficient (Wildman–Crippen LogP) is 1.07. The molecule has 2 unspecified atom stereocenters. The highest BCUT2D eigenvalue weighted by atomic mass is 16.5. The van der Waals surface area contributed by atoms with Gasteiger partial charge in [0.05, 0.1) is 19.3 Å². The summed E-state index contributed by atoms with van der Waals surface area (Å²) >= 11 is 0. The molecule has 1 aromatic rings. The maximum absolute atomic E-state index is 9.18. The molecule has 0 saturated carbocycles. The Labute approximate surface area is 120 Å². The number of benzene rings is 1. The number of rotatable bonds is 5. The van der Waals surface area contributed by atoms with Crippen molar-refractivity contribution in [3.63, 3.8) is 0 Å². The first-order chi connectivity index (χ1) is 9.77. The highest BCUT2D eigenvalue weighted by Crippen LogP contribution is 2.09. The molecule has 3 N–H and O–H groups in total. The molecule has 1 aromatic carbocycles. The summed E-state index contributed by atoms with van der Waals surface area (Å²) in [5.74, 6) is 0. The average molecular weight is 280 g/mol. The lowest BCUT2D eigenvalue weighted by Gasteiger charge is -2.29. The van der Waals surface area contributed by atoms with E-state index in [1.807, 2.05) is 18.2 Å². The van der Waals surface area contributed by atoms with Gasteiger partial charge in [-0.3, -0.25) is 4.79 Å². The Hall–Kier alpha value is -1.43. The van der Waals surface area contributed by atoms with Crippen LogP contribution in [0.2, 0.25) is 0 Å². The number of hydrogen-bond donors (Lipinski definition) is 2. The third-order valence-corrected chi connectivity index (χ3v) is 3.02. The van der Waals surface area contributed by atoms with Gasteiger partial charge in [0.2, 0.25) is 0 Å². The molecule has 1 heterocycles. The third-order valence-electron chi connectivity index (χ3n) is 3.02. The van der Waals surface area contributed by atoms with Crippen molar-refractivity contribution in [2.45, 2.75) is 32.1 Å². The molecule has 20 heavy (non-hydrogen) atoms. The van der Waals surface area contributed by atoms with E-state index in [0.29, 0.717) is 19.7 Å². The zero-order valence-corrected chi connectivity index (χ0v) is 12.0. The van der Waals surface area contributed by atoms with Gasteiger partial charge in [0.15, 0.2) is 0 Å². The van der Waals surface area contributed by atoms with E-state index in [1.165, 1.54) is 5.56 Å². The molecule has 0 bridgehead atoms. The molecule has 0 spiro atoms. The number of nitrogens with two attached hydrogens (primary N) is 1. The first kappa shape index (κ1) is 16.6. The van der Waals surface area contributed by atoms with E-state index in [9.17, 15) is 4.79 Å². The molecule has 0 aromatic heterocycles. The Morgan fingerprint density at radius 1 is 1.40 bits per heavy atom. The van der Waals surface area contributed by atoms with Gasteiger partial charge in [0.1, 0.15) is 0 Å². The van der Waals surface area contributed by atoms with Crippen molar-refractivity contribution in [1.82, 2.24) is 5.32 Å². The van der Waals surface area contributed by atoms with Crippen molar-refractivity contribution < 1.29 is 14.3 Å². The van der Waals surface area contributed by atoms with Crippen molar-refractivity contribution in [2.24, 2.45) is 5.73 Å². The minimum Gasteiger partial charge on any atom is -0.468 e. The maximum atomic E-state index is 9.18. The fourth-order valence-corrected chi connectivity index (χ4v) is 1.88. The van der Waals surface area contributed by atoms with Crippen LogP contribution in [-0.2, 0) is 20.9 Å². The lowest BCUT2D eigenvalue weighted by Crippen LogP contribution is -2.49. The van der Waals surface area contributed by atoms with E-state index in [1.54, 1.807) is 6.92 Å². The SMILES string of the molecule is CCOC=O.NC1CCNCC1OCc1ccccc1. The Balaban J connectivity index is 0.000000347. The highest BCUT2D eigenvalue weighted by Gasteiger charge is 2.21. The van der Waals surface area contributed by atoms with Gasteiger partial charge in [0, 0.05) is 12.6 Å². The van der Waals surface area contributed by atoms with E-state index in [-0.39, 0.29) is 12.1 Å². The van der Waals surface area contributed by atoms with Crippen LogP contribution in [-0.4, -0.2) is 38.3 Å². The number of hydrogen-bond acceptors (Lipinski definition) is 5. The highest BCUT2D eigenvalue weighted by molar-refractivity contribution is 5.36. The Kier molecular flexibility index (Phi) is 8.62. The second kappa shape index (κ2) is 10.4. The monoisotopic (exact) mass is 280 g/mol. The van der Waals surface area contributed by atoms with E-state index < -0.39 is 0 Å². The summed E-state index contributed by atoms with van der Waals surface area (Å²) in [5.41, 5.74) is 7.18. The summed E-state index contributed by atoms with van der Waals surface area (Å²) in [6.07, 6.45) is 1.15. The van der Waals surface area contributed by atoms with Crippen LogP contribution < -0.4 is 11.1 Å². The summed E-state index contributed by atoms with van der Waals surface area (Å²) in [4.78, 5) is 9.18. The fraction of sp³-hybridized carbons (Fsp3) is 0.533. The number of carbonyl (C=O) groups excluding carboxylic acids is 1. The van der Waals surface area contributed by atoms with E-state index in [4.69, 9.17) is 10.5 Å². The molecule has 2 atom stereocenters. The summed E-state index contributed by atoms with van der Waals surface area (Å²) in [5, 5.41) is 3.30. The lowest BCUT2D eigenvalue weighted by atomic mass is 10.0. The molecule has 5 heteroatoms. The molecule has 112 valence electrons. The van der Waals surface area contributed by atoms with Crippen LogP contribution in [0.3, 0.4) is 0 Å². The predicted molar refractivity (Wildman–Crippen MR) is 78.2 cm³/mol. The summed E-state index contributed by atoms with van der Waals surface area (Å²) in [6, 6.07) is 10.4. The number of piperidine rings is 1. The lowest BCUT2D eigenvalue weighted by molar-refractivity contribution is -0.128. The minimum atomic E-state index is 0.152. The van der Waals surface area contributed by atoms with Crippen LogP contribution in [0.15, 0.2) is 30.3 Å².